The Labute approximate surface area is 169 Å². The van der Waals surface area contributed by atoms with Crippen LogP contribution in [0, 0.1) is 3.95 Å². The van der Waals surface area contributed by atoms with Crippen LogP contribution in [-0.4, -0.2) is 28.2 Å². The van der Waals surface area contributed by atoms with E-state index >= 15 is 0 Å². The molecule has 0 spiro atoms. The Kier molecular flexibility index (Phi) is 5.42. The second-order valence-electron chi connectivity index (χ2n) is 5.63. The summed E-state index contributed by atoms with van der Waals surface area (Å²) in [5, 5.41) is 7.39. The first-order valence-electron chi connectivity index (χ1n) is 8.13. The van der Waals surface area contributed by atoms with Gasteiger partial charge in [0.2, 0.25) is 12.7 Å². The van der Waals surface area contributed by atoms with E-state index in [4.69, 9.17) is 21.7 Å². The van der Waals surface area contributed by atoms with Crippen LogP contribution >= 0.6 is 35.3 Å². The van der Waals surface area contributed by atoms with Crippen LogP contribution in [0.1, 0.15) is 5.56 Å². The number of carbonyl (C=O) groups is 1. The minimum atomic E-state index is -0.0648. The fourth-order valence-corrected chi connectivity index (χ4v) is 4.67. The van der Waals surface area contributed by atoms with E-state index < -0.39 is 0 Å². The summed E-state index contributed by atoms with van der Waals surface area (Å²) in [4.78, 5) is 12.1. The van der Waals surface area contributed by atoms with Crippen LogP contribution in [0.4, 0.5) is 0 Å². The molecule has 1 N–H and O–H groups in total. The normalized spacial score (nSPS) is 12.1. The molecule has 0 aliphatic carbocycles. The van der Waals surface area contributed by atoms with Gasteiger partial charge in [0.25, 0.3) is 0 Å². The van der Waals surface area contributed by atoms with Crippen molar-refractivity contribution in [2.75, 3.05) is 12.5 Å². The summed E-state index contributed by atoms with van der Waals surface area (Å²) < 4.78 is 13.8. The average molecular weight is 418 g/mol. The molecule has 0 saturated heterocycles. The number of nitrogens with one attached hydrogen (secondary N) is 1. The monoisotopic (exact) mass is 417 g/mol. The van der Waals surface area contributed by atoms with E-state index in [0.29, 0.717) is 16.2 Å². The third-order valence-electron chi connectivity index (χ3n) is 3.78. The number of thioether (sulfide) groups is 1. The second kappa shape index (κ2) is 8.12. The summed E-state index contributed by atoms with van der Waals surface area (Å²) >= 11 is 8.15. The molecule has 0 unspecified atom stereocenters. The zero-order chi connectivity index (χ0) is 18.6. The van der Waals surface area contributed by atoms with E-state index in [1.165, 1.54) is 23.1 Å². The van der Waals surface area contributed by atoms with Crippen LogP contribution in [0.5, 0.6) is 11.5 Å². The average Bonchev–Trinajstić information content (AvgIpc) is 3.31. The van der Waals surface area contributed by atoms with Gasteiger partial charge in [-0.2, -0.15) is 0 Å². The fraction of sp³-hybridized carbons (Fsp3) is 0.167. The highest BCUT2D eigenvalue weighted by atomic mass is 32.2. The molecule has 4 rings (SSSR count). The molecule has 0 radical (unpaired) electrons. The van der Waals surface area contributed by atoms with Crippen LogP contribution in [-0.2, 0) is 11.3 Å². The maximum atomic E-state index is 12.1. The number of ether oxygens (including phenoxy) is 2. The van der Waals surface area contributed by atoms with E-state index in [-0.39, 0.29) is 18.5 Å². The maximum absolute atomic E-state index is 12.1. The van der Waals surface area contributed by atoms with Crippen LogP contribution in [0.3, 0.4) is 0 Å². The SMILES string of the molecule is O=C(CSc1nn(-c2ccccc2)c(=S)s1)NCc1ccc2c(c1)OCO2. The molecule has 1 aliphatic rings. The lowest BCUT2D eigenvalue weighted by molar-refractivity contribution is -0.118. The van der Waals surface area contributed by atoms with E-state index in [9.17, 15) is 4.79 Å². The van der Waals surface area contributed by atoms with Crippen LogP contribution < -0.4 is 14.8 Å². The molecule has 3 aromatic rings. The molecule has 2 aromatic carbocycles. The Balaban J connectivity index is 1.31. The zero-order valence-corrected chi connectivity index (χ0v) is 16.5. The number of hydrogen-bond acceptors (Lipinski definition) is 7. The number of nitrogens with zero attached hydrogens (tertiary/aromatic N) is 2. The van der Waals surface area contributed by atoms with Gasteiger partial charge in [-0.15, -0.1) is 5.10 Å². The number of carbonyl (C=O) groups excluding carboxylic acids is 1. The minimum Gasteiger partial charge on any atom is -0.454 e. The first kappa shape index (κ1) is 18.0. The second-order valence-corrected chi connectivity index (χ2v) is 8.48. The molecule has 0 atom stereocenters. The van der Waals surface area contributed by atoms with Crippen molar-refractivity contribution in [3.8, 4) is 17.2 Å². The summed E-state index contributed by atoms with van der Waals surface area (Å²) in [7, 11) is 0. The fourth-order valence-electron chi connectivity index (χ4n) is 2.48. The number of fused-ring (bicyclic) bond motifs is 1. The Morgan fingerprint density at radius 1 is 1.22 bits per heavy atom. The number of hydrogen-bond donors (Lipinski definition) is 1. The number of aromatic nitrogens is 2. The van der Waals surface area contributed by atoms with Crippen molar-refractivity contribution in [2.24, 2.45) is 0 Å². The van der Waals surface area contributed by atoms with Gasteiger partial charge in [-0.3, -0.25) is 4.79 Å². The van der Waals surface area contributed by atoms with Crippen LogP contribution in [0.15, 0.2) is 52.9 Å². The Bertz CT molecular complexity index is 1020. The number of para-hydroxylation sites is 1. The van der Waals surface area contributed by atoms with Crippen molar-refractivity contribution >= 4 is 41.2 Å². The molecule has 0 saturated carbocycles. The molecule has 0 fully saturated rings. The molecule has 9 heteroatoms. The standard InChI is InChI=1S/C18H15N3O3S3/c22-16(19-9-12-6-7-14-15(8-12)24-11-23-14)10-26-17-20-21(18(25)27-17)13-4-2-1-3-5-13/h1-8H,9-11H2,(H,19,22). The highest BCUT2D eigenvalue weighted by molar-refractivity contribution is 8.01. The topological polar surface area (TPSA) is 65.4 Å². The van der Waals surface area contributed by atoms with Gasteiger partial charge in [0.1, 0.15) is 0 Å². The molecule has 2 heterocycles. The quantitative estimate of drug-likeness (QED) is 0.486. The highest BCUT2D eigenvalue weighted by Gasteiger charge is 2.14. The van der Waals surface area contributed by atoms with Crippen molar-refractivity contribution in [2.45, 2.75) is 10.9 Å². The lowest BCUT2D eigenvalue weighted by Gasteiger charge is -2.05. The molecular weight excluding hydrogens is 402 g/mol. The van der Waals surface area contributed by atoms with Gasteiger partial charge in [0.15, 0.2) is 19.8 Å². The van der Waals surface area contributed by atoms with Crippen molar-refractivity contribution in [1.82, 2.24) is 15.1 Å². The molecule has 1 aliphatic heterocycles. The predicted octanol–water partition coefficient (Wildman–Crippen LogP) is 3.80. The summed E-state index contributed by atoms with van der Waals surface area (Å²) in [5.74, 6) is 1.66. The maximum Gasteiger partial charge on any atom is 0.231 e. The van der Waals surface area contributed by atoms with Crippen LogP contribution in [0.25, 0.3) is 5.69 Å². The van der Waals surface area contributed by atoms with Gasteiger partial charge in [-0.05, 0) is 42.0 Å². The molecule has 0 bridgehead atoms. The highest BCUT2D eigenvalue weighted by Crippen LogP contribution is 2.32. The van der Waals surface area contributed by atoms with Crippen molar-refractivity contribution in [3.63, 3.8) is 0 Å². The Morgan fingerprint density at radius 2 is 2.04 bits per heavy atom. The van der Waals surface area contributed by atoms with Crippen molar-refractivity contribution < 1.29 is 14.3 Å². The van der Waals surface area contributed by atoms with E-state index in [2.05, 4.69) is 10.4 Å². The molecule has 138 valence electrons. The third kappa shape index (κ3) is 4.32. The summed E-state index contributed by atoms with van der Waals surface area (Å²) in [6, 6.07) is 15.3. The number of rotatable bonds is 6. The van der Waals surface area contributed by atoms with E-state index in [1.807, 2.05) is 48.5 Å². The van der Waals surface area contributed by atoms with Gasteiger partial charge < -0.3 is 14.8 Å². The Morgan fingerprint density at radius 3 is 2.89 bits per heavy atom. The molecule has 27 heavy (non-hydrogen) atoms. The summed E-state index contributed by atoms with van der Waals surface area (Å²) in [6.07, 6.45) is 0. The van der Waals surface area contributed by atoms with E-state index in [0.717, 1.165) is 21.3 Å². The van der Waals surface area contributed by atoms with Gasteiger partial charge in [0.05, 0.1) is 11.4 Å². The van der Waals surface area contributed by atoms with Crippen molar-refractivity contribution in [1.29, 1.82) is 0 Å². The minimum absolute atomic E-state index is 0.0648. The van der Waals surface area contributed by atoms with Crippen LogP contribution in [0.2, 0.25) is 0 Å². The third-order valence-corrected chi connectivity index (χ3v) is 6.15. The smallest absolute Gasteiger partial charge is 0.231 e. The lowest BCUT2D eigenvalue weighted by Crippen LogP contribution is -2.24. The van der Waals surface area contributed by atoms with Gasteiger partial charge in [-0.1, -0.05) is 47.4 Å². The largest absolute Gasteiger partial charge is 0.454 e. The Hall–Kier alpha value is -2.36. The van der Waals surface area contributed by atoms with Crippen molar-refractivity contribution in [3.05, 3.63) is 58.0 Å². The summed E-state index contributed by atoms with van der Waals surface area (Å²) in [5.41, 5.74) is 1.87. The zero-order valence-electron chi connectivity index (χ0n) is 14.1. The molecule has 1 amide bonds. The first-order valence-corrected chi connectivity index (χ1v) is 10.3. The first-order chi connectivity index (χ1) is 13.2. The van der Waals surface area contributed by atoms with E-state index in [1.54, 1.807) is 4.68 Å². The summed E-state index contributed by atoms with van der Waals surface area (Å²) in [6.45, 7) is 0.674. The number of benzene rings is 2. The molecular formula is C18H15N3O3S3. The molecule has 6 nitrogen and oxygen atoms in total. The van der Waals surface area contributed by atoms with Gasteiger partial charge in [-0.25, -0.2) is 4.68 Å². The molecule has 1 aromatic heterocycles. The predicted molar refractivity (Wildman–Crippen MR) is 107 cm³/mol. The van der Waals surface area contributed by atoms with Gasteiger partial charge in [0, 0.05) is 6.54 Å². The lowest BCUT2D eigenvalue weighted by atomic mass is 10.2. The van der Waals surface area contributed by atoms with Gasteiger partial charge >= 0.3 is 0 Å². The number of amides is 1.